The highest BCUT2D eigenvalue weighted by atomic mass is 32.2. The Kier molecular flexibility index (Phi) is 4.19. The van der Waals surface area contributed by atoms with Crippen LogP contribution in [0.2, 0.25) is 0 Å². The number of H-pyrrole nitrogens is 1. The molecule has 0 atom stereocenters. The maximum Gasteiger partial charge on any atom is 0.244 e. The molecule has 0 radical (unpaired) electrons. The molecule has 1 saturated carbocycles. The Morgan fingerprint density at radius 3 is 2.55 bits per heavy atom. The number of aliphatic hydroxyl groups excluding tert-OH is 1. The number of likely N-dealkylation sites (N-methyl/N-ethyl adjacent to an activating group) is 1. The highest BCUT2D eigenvalue weighted by molar-refractivity contribution is 7.89. The first-order chi connectivity index (χ1) is 9.32. The number of nitrogens with one attached hydrogen (secondary N) is 2. The van der Waals surface area contributed by atoms with Crippen molar-refractivity contribution in [2.75, 3.05) is 20.6 Å². The summed E-state index contributed by atoms with van der Waals surface area (Å²) in [6.45, 7) is 1.60. The zero-order valence-corrected chi connectivity index (χ0v) is 12.9. The summed E-state index contributed by atoms with van der Waals surface area (Å²) in [6.07, 6.45) is 3.09. The number of rotatable bonds is 6. The first-order valence-electron chi connectivity index (χ1n) is 6.64. The van der Waals surface area contributed by atoms with E-state index in [1.165, 1.54) is 0 Å². The maximum atomic E-state index is 12.4. The summed E-state index contributed by atoms with van der Waals surface area (Å²) in [5.74, 6) is 0. The van der Waals surface area contributed by atoms with Crippen LogP contribution in [0.25, 0.3) is 0 Å². The molecule has 0 amide bonds. The van der Waals surface area contributed by atoms with Gasteiger partial charge in [0.25, 0.3) is 0 Å². The van der Waals surface area contributed by atoms with E-state index in [1.807, 2.05) is 14.1 Å². The number of sulfonamides is 1. The van der Waals surface area contributed by atoms with Crippen LogP contribution in [0.5, 0.6) is 0 Å². The van der Waals surface area contributed by atoms with Crippen molar-refractivity contribution in [2.45, 2.75) is 43.2 Å². The van der Waals surface area contributed by atoms with Gasteiger partial charge in [0.15, 0.2) is 0 Å². The zero-order chi connectivity index (χ0) is 15.0. The van der Waals surface area contributed by atoms with Gasteiger partial charge in [0.1, 0.15) is 10.6 Å². The smallest absolute Gasteiger partial charge is 0.244 e. The van der Waals surface area contributed by atoms with E-state index >= 15 is 0 Å². The zero-order valence-electron chi connectivity index (χ0n) is 12.1. The minimum atomic E-state index is -3.66. The monoisotopic (exact) mass is 302 g/mol. The van der Waals surface area contributed by atoms with E-state index in [0.29, 0.717) is 12.2 Å². The lowest BCUT2D eigenvalue weighted by Gasteiger charge is -2.47. The molecule has 0 unspecified atom stereocenters. The van der Waals surface area contributed by atoms with Crippen molar-refractivity contribution < 1.29 is 13.5 Å². The standard InChI is InChI=1S/C12H22N4O3S/c1-9-11(10(7-17)15-14-9)20(18,19)13-8-12(16(2)3)5-4-6-12/h13,17H,4-8H2,1-3H3,(H,14,15). The van der Waals surface area contributed by atoms with E-state index in [9.17, 15) is 13.5 Å². The fraction of sp³-hybridized carbons (Fsp3) is 0.750. The van der Waals surface area contributed by atoms with E-state index < -0.39 is 16.6 Å². The van der Waals surface area contributed by atoms with E-state index in [-0.39, 0.29) is 16.1 Å². The third-order valence-electron chi connectivity index (χ3n) is 4.20. The van der Waals surface area contributed by atoms with Crippen molar-refractivity contribution in [3.63, 3.8) is 0 Å². The van der Waals surface area contributed by atoms with Crippen LogP contribution < -0.4 is 4.72 Å². The Labute approximate surface area is 119 Å². The molecule has 0 aliphatic heterocycles. The Hall–Kier alpha value is -0.960. The number of aromatic amines is 1. The van der Waals surface area contributed by atoms with Gasteiger partial charge in [-0.2, -0.15) is 5.10 Å². The minimum Gasteiger partial charge on any atom is -0.390 e. The second kappa shape index (κ2) is 5.44. The molecule has 20 heavy (non-hydrogen) atoms. The third kappa shape index (κ3) is 2.60. The predicted octanol–water partition coefficient (Wildman–Crippen LogP) is -0.0270. The molecule has 1 fully saturated rings. The first kappa shape index (κ1) is 15.4. The average Bonchev–Trinajstić information content (AvgIpc) is 2.69. The maximum absolute atomic E-state index is 12.4. The molecule has 1 aliphatic rings. The molecule has 1 aromatic heterocycles. The number of aryl methyl sites for hydroxylation is 1. The summed E-state index contributed by atoms with van der Waals surface area (Å²) in [5.41, 5.74) is 0.501. The van der Waals surface area contributed by atoms with Crippen molar-refractivity contribution >= 4 is 10.0 Å². The molecular formula is C12H22N4O3S. The lowest BCUT2D eigenvalue weighted by molar-refractivity contribution is 0.0656. The second-order valence-electron chi connectivity index (χ2n) is 5.58. The second-order valence-corrected chi connectivity index (χ2v) is 7.28. The molecular weight excluding hydrogens is 280 g/mol. The normalized spacial score (nSPS) is 18.2. The molecule has 1 heterocycles. The molecule has 0 aromatic carbocycles. The SMILES string of the molecule is Cc1[nH]nc(CO)c1S(=O)(=O)NCC1(N(C)C)CCC1. The Morgan fingerprint density at radius 1 is 1.45 bits per heavy atom. The highest BCUT2D eigenvalue weighted by Crippen LogP contribution is 2.35. The van der Waals surface area contributed by atoms with Crippen molar-refractivity contribution in [1.82, 2.24) is 19.8 Å². The molecule has 0 bridgehead atoms. The van der Waals surface area contributed by atoms with Crippen LogP contribution in [0.15, 0.2) is 4.90 Å². The van der Waals surface area contributed by atoms with Gasteiger partial charge >= 0.3 is 0 Å². The summed E-state index contributed by atoms with van der Waals surface area (Å²) < 4.78 is 27.5. The Bertz CT molecular complexity index is 576. The molecule has 114 valence electrons. The van der Waals surface area contributed by atoms with Crippen LogP contribution in [0.3, 0.4) is 0 Å². The van der Waals surface area contributed by atoms with E-state index in [2.05, 4.69) is 19.8 Å². The van der Waals surface area contributed by atoms with E-state index in [1.54, 1.807) is 6.92 Å². The van der Waals surface area contributed by atoms with Gasteiger partial charge in [-0.3, -0.25) is 5.10 Å². The van der Waals surface area contributed by atoms with E-state index in [0.717, 1.165) is 19.3 Å². The van der Waals surface area contributed by atoms with Gasteiger partial charge in [0.2, 0.25) is 10.0 Å². The number of hydrogen-bond donors (Lipinski definition) is 3. The highest BCUT2D eigenvalue weighted by Gasteiger charge is 2.40. The van der Waals surface area contributed by atoms with Crippen molar-refractivity contribution in [3.05, 3.63) is 11.4 Å². The fourth-order valence-electron chi connectivity index (χ4n) is 2.60. The molecule has 1 aliphatic carbocycles. The van der Waals surface area contributed by atoms with E-state index in [4.69, 9.17) is 0 Å². The topological polar surface area (TPSA) is 98.3 Å². The molecule has 0 spiro atoms. The van der Waals surface area contributed by atoms with Crippen LogP contribution in [0, 0.1) is 6.92 Å². The summed E-state index contributed by atoms with van der Waals surface area (Å²) in [5, 5.41) is 15.6. The van der Waals surface area contributed by atoms with Gasteiger partial charge in [-0.25, -0.2) is 13.1 Å². The van der Waals surface area contributed by atoms with Crippen LogP contribution in [-0.4, -0.2) is 54.8 Å². The number of hydrogen-bond acceptors (Lipinski definition) is 5. The lowest BCUT2D eigenvalue weighted by atomic mass is 9.76. The molecule has 7 nitrogen and oxygen atoms in total. The lowest BCUT2D eigenvalue weighted by Crippen LogP contribution is -2.57. The van der Waals surface area contributed by atoms with Gasteiger partial charge in [-0.1, -0.05) is 0 Å². The largest absolute Gasteiger partial charge is 0.390 e. The van der Waals surface area contributed by atoms with Crippen LogP contribution in [0.4, 0.5) is 0 Å². The molecule has 2 rings (SSSR count). The number of nitrogens with zero attached hydrogens (tertiary/aromatic N) is 2. The summed E-state index contributed by atoms with van der Waals surface area (Å²) in [6, 6.07) is 0. The molecule has 3 N–H and O–H groups in total. The van der Waals surface area contributed by atoms with Gasteiger partial charge in [0, 0.05) is 12.1 Å². The summed E-state index contributed by atoms with van der Waals surface area (Å²) >= 11 is 0. The quantitative estimate of drug-likeness (QED) is 0.685. The molecule has 8 heteroatoms. The Balaban J connectivity index is 2.18. The van der Waals surface area contributed by atoms with Gasteiger partial charge in [0.05, 0.1) is 12.3 Å². The number of aliphatic hydroxyl groups is 1. The van der Waals surface area contributed by atoms with Crippen LogP contribution in [-0.2, 0) is 16.6 Å². The van der Waals surface area contributed by atoms with Gasteiger partial charge in [-0.15, -0.1) is 0 Å². The van der Waals surface area contributed by atoms with Crippen molar-refractivity contribution in [3.8, 4) is 0 Å². The average molecular weight is 302 g/mol. The first-order valence-corrected chi connectivity index (χ1v) is 8.12. The third-order valence-corrected chi connectivity index (χ3v) is 5.81. The summed E-state index contributed by atoms with van der Waals surface area (Å²) in [7, 11) is 0.272. The van der Waals surface area contributed by atoms with Gasteiger partial charge < -0.3 is 10.0 Å². The van der Waals surface area contributed by atoms with Crippen LogP contribution in [0.1, 0.15) is 30.7 Å². The molecule has 1 aromatic rings. The molecule has 0 saturated heterocycles. The van der Waals surface area contributed by atoms with Gasteiger partial charge in [-0.05, 0) is 40.3 Å². The van der Waals surface area contributed by atoms with Crippen LogP contribution >= 0.6 is 0 Å². The fourth-order valence-corrected chi connectivity index (χ4v) is 4.07. The van der Waals surface area contributed by atoms with Crippen molar-refractivity contribution in [1.29, 1.82) is 0 Å². The number of aromatic nitrogens is 2. The Morgan fingerprint density at radius 2 is 2.10 bits per heavy atom. The minimum absolute atomic E-state index is 0.0632. The van der Waals surface area contributed by atoms with Crippen molar-refractivity contribution in [2.24, 2.45) is 0 Å². The predicted molar refractivity (Wildman–Crippen MR) is 74.7 cm³/mol. The summed E-state index contributed by atoms with van der Waals surface area (Å²) in [4.78, 5) is 2.14.